The van der Waals surface area contributed by atoms with Crippen LogP contribution < -0.4 is 5.73 Å². The zero-order chi connectivity index (χ0) is 19.7. The highest BCUT2D eigenvalue weighted by Gasteiger charge is 2.29. The summed E-state index contributed by atoms with van der Waals surface area (Å²) >= 11 is 0. The van der Waals surface area contributed by atoms with E-state index < -0.39 is 47.6 Å². The first-order valence-corrected chi connectivity index (χ1v) is 6.65. The molecule has 8 nitrogen and oxygen atoms in total. The number of nitrogens with two attached hydrogens (primary N) is 1. The van der Waals surface area contributed by atoms with E-state index in [0.29, 0.717) is 12.4 Å². The summed E-state index contributed by atoms with van der Waals surface area (Å²) in [4.78, 5) is 29.6. The van der Waals surface area contributed by atoms with E-state index in [1.165, 1.54) is 0 Å². The number of aliphatic hydroxyl groups is 2. The van der Waals surface area contributed by atoms with Gasteiger partial charge in [-0.3, -0.25) is 0 Å². The first-order chi connectivity index (χ1) is 11.5. The summed E-state index contributed by atoms with van der Waals surface area (Å²) in [5.74, 6) is -6.75. The molecule has 0 amide bonds. The standard InChI is InChI=1S/C10H10F3NO.C4H6O6/c11-8-5-10(13)9(12)4-6(8)3-7(14)1-2-15;5-1(3(7)8)2(6)4(9)10/h2,4-5,7H,1,3,14H2;1-2,5-6H,(H,7,8)(H,9,10)/t;1-,2-/m.1/s1. The van der Waals surface area contributed by atoms with E-state index in [1.807, 2.05) is 0 Å². The van der Waals surface area contributed by atoms with Gasteiger partial charge in [0.2, 0.25) is 0 Å². The molecule has 0 spiro atoms. The van der Waals surface area contributed by atoms with Crippen molar-refractivity contribution >= 4 is 18.2 Å². The molecule has 1 unspecified atom stereocenters. The second-order valence-corrected chi connectivity index (χ2v) is 4.79. The number of rotatable bonds is 7. The lowest BCUT2D eigenvalue weighted by molar-refractivity contribution is -0.165. The van der Waals surface area contributed by atoms with Gasteiger partial charge < -0.3 is 31.0 Å². The normalized spacial score (nSPS) is 13.8. The zero-order valence-corrected chi connectivity index (χ0v) is 12.6. The number of aliphatic carboxylic acids is 2. The van der Waals surface area contributed by atoms with Crippen molar-refractivity contribution in [1.29, 1.82) is 0 Å². The third-order valence-electron chi connectivity index (χ3n) is 2.78. The number of hydrogen-bond donors (Lipinski definition) is 5. The Bertz CT molecular complexity index is 609. The van der Waals surface area contributed by atoms with Crippen molar-refractivity contribution in [3.63, 3.8) is 0 Å². The van der Waals surface area contributed by atoms with Gasteiger partial charge in [-0.05, 0) is 18.1 Å². The number of carboxylic acid groups (broad SMARTS) is 2. The van der Waals surface area contributed by atoms with Gasteiger partial charge in [0.1, 0.15) is 12.1 Å². The number of carboxylic acids is 2. The molecule has 0 saturated carbocycles. The predicted molar refractivity (Wildman–Crippen MR) is 76.0 cm³/mol. The highest BCUT2D eigenvalue weighted by atomic mass is 19.2. The summed E-state index contributed by atoms with van der Waals surface area (Å²) in [5.41, 5.74) is 5.43. The summed E-state index contributed by atoms with van der Waals surface area (Å²) in [6.45, 7) is 0. The Kier molecular flexibility index (Phi) is 9.34. The summed E-state index contributed by atoms with van der Waals surface area (Å²) in [5, 5.41) is 32.5. The van der Waals surface area contributed by atoms with Crippen LogP contribution in [0.2, 0.25) is 0 Å². The van der Waals surface area contributed by atoms with E-state index in [1.54, 1.807) is 0 Å². The fourth-order valence-corrected chi connectivity index (χ4v) is 1.48. The van der Waals surface area contributed by atoms with Gasteiger partial charge in [0, 0.05) is 18.5 Å². The zero-order valence-electron chi connectivity index (χ0n) is 12.6. The van der Waals surface area contributed by atoms with Crippen LogP contribution in [0.3, 0.4) is 0 Å². The molecule has 0 bridgehead atoms. The first-order valence-electron chi connectivity index (χ1n) is 6.65. The molecule has 0 aliphatic heterocycles. The van der Waals surface area contributed by atoms with Crippen LogP contribution in [0.25, 0.3) is 0 Å². The van der Waals surface area contributed by atoms with Crippen LogP contribution in [0.5, 0.6) is 0 Å². The summed E-state index contributed by atoms with van der Waals surface area (Å²) in [6.07, 6.45) is -3.88. The Morgan fingerprint density at radius 2 is 1.44 bits per heavy atom. The van der Waals surface area contributed by atoms with Gasteiger partial charge in [0.15, 0.2) is 23.8 Å². The predicted octanol–water partition coefficient (Wildman–Crippen LogP) is -0.560. The van der Waals surface area contributed by atoms with Crippen LogP contribution in [0.1, 0.15) is 12.0 Å². The molecular formula is C14H16F3NO7. The van der Waals surface area contributed by atoms with Gasteiger partial charge in [0.25, 0.3) is 0 Å². The highest BCUT2D eigenvalue weighted by Crippen LogP contribution is 2.15. The fraction of sp³-hybridized carbons (Fsp3) is 0.357. The average molecular weight is 367 g/mol. The number of benzene rings is 1. The molecule has 25 heavy (non-hydrogen) atoms. The lowest BCUT2D eigenvalue weighted by Crippen LogP contribution is -2.39. The lowest BCUT2D eigenvalue weighted by Gasteiger charge is -2.09. The van der Waals surface area contributed by atoms with Crippen LogP contribution in [0.15, 0.2) is 12.1 Å². The second kappa shape index (κ2) is 10.4. The van der Waals surface area contributed by atoms with E-state index in [0.717, 1.165) is 6.07 Å². The molecule has 1 aromatic carbocycles. The Hall–Kier alpha value is -2.50. The van der Waals surface area contributed by atoms with Gasteiger partial charge in [-0.25, -0.2) is 22.8 Å². The van der Waals surface area contributed by atoms with Crippen LogP contribution in [-0.4, -0.2) is 56.9 Å². The number of carbonyl (C=O) groups excluding carboxylic acids is 1. The minimum absolute atomic E-state index is 0.00176. The molecule has 6 N–H and O–H groups in total. The van der Waals surface area contributed by atoms with E-state index in [-0.39, 0.29) is 18.4 Å². The number of carbonyl (C=O) groups is 3. The highest BCUT2D eigenvalue weighted by molar-refractivity contribution is 5.83. The van der Waals surface area contributed by atoms with Crippen LogP contribution in [-0.2, 0) is 20.8 Å². The third-order valence-corrected chi connectivity index (χ3v) is 2.78. The van der Waals surface area contributed by atoms with E-state index >= 15 is 0 Å². The quantitative estimate of drug-likeness (QED) is 0.317. The largest absolute Gasteiger partial charge is 0.479 e. The number of halogens is 3. The monoisotopic (exact) mass is 367 g/mol. The minimum atomic E-state index is -2.27. The molecule has 0 radical (unpaired) electrons. The summed E-state index contributed by atoms with van der Waals surface area (Å²) < 4.78 is 38.4. The number of hydrogen-bond acceptors (Lipinski definition) is 6. The van der Waals surface area contributed by atoms with Crippen LogP contribution >= 0.6 is 0 Å². The molecule has 11 heteroatoms. The Morgan fingerprint density at radius 1 is 1.00 bits per heavy atom. The van der Waals surface area contributed by atoms with Crippen LogP contribution in [0.4, 0.5) is 13.2 Å². The third kappa shape index (κ3) is 7.74. The molecule has 0 aromatic heterocycles. The second-order valence-electron chi connectivity index (χ2n) is 4.79. The minimum Gasteiger partial charge on any atom is -0.479 e. The molecule has 0 fully saturated rings. The van der Waals surface area contributed by atoms with Crippen molar-refractivity contribution in [3.05, 3.63) is 35.1 Å². The average Bonchev–Trinajstić information content (AvgIpc) is 2.51. The number of aliphatic hydroxyl groups excluding tert-OH is 2. The maximum atomic E-state index is 13.1. The molecule has 1 rings (SSSR count). The maximum Gasteiger partial charge on any atom is 0.335 e. The van der Waals surface area contributed by atoms with Gasteiger partial charge in [-0.2, -0.15) is 0 Å². The van der Waals surface area contributed by atoms with Gasteiger partial charge in [0.05, 0.1) is 0 Å². The van der Waals surface area contributed by atoms with Gasteiger partial charge in [-0.15, -0.1) is 0 Å². The van der Waals surface area contributed by atoms with Crippen molar-refractivity contribution in [2.24, 2.45) is 5.73 Å². The summed E-state index contributed by atoms with van der Waals surface area (Å²) in [7, 11) is 0. The lowest BCUT2D eigenvalue weighted by atomic mass is 10.0. The van der Waals surface area contributed by atoms with Crippen molar-refractivity contribution < 1.29 is 48.0 Å². The first kappa shape index (κ1) is 22.5. The van der Waals surface area contributed by atoms with Gasteiger partial charge in [-0.1, -0.05) is 0 Å². The Labute approximate surface area is 139 Å². The molecule has 0 saturated heterocycles. The smallest absolute Gasteiger partial charge is 0.335 e. The molecule has 140 valence electrons. The SMILES string of the molecule is NC(CC=O)Cc1cc(F)c(F)cc1F.O=C(O)[C@H](O)[C@@H](O)C(=O)O. The van der Waals surface area contributed by atoms with E-state index in [2.05, 4.69) is 0 Å². The molecular weight excluding hydrogens is 351 g/mol. The molecule has 3 atom stereocenters. The fourth-order valence-electron chi connectivity index (χ4n) is 1.48. The van der Waals surface area contributed by atoms with E-state index in [4.69, 9.17) is 26.2 Å². The van der Waals surface area contributed by atoms with Crippen molar-refractivity contribution in [2.45, 2.75) is 31.1 Å². The van der Waals surface area contributed by atoms with Crippen molar-refractivity contribution in [2.75, 3.05) is 0 Å². The van der Waals surface area contributed by atoms with Gasteiger partial charge >= 0.3 is 11.9 Å². The molecule has 1 aromatic rings. The van der Waals surface area contributed by atoms with Crippen LogP contribution in [0, 0.1) is 17.5 Å². The van der Waals surface area contributed by atoms with E-state index in [9.17, 15) is 27.6 Å². The summed E-state index contributed by atoms with van der Waals surface area (Å²) in [6, 6.07) is 0.648. The topological polar surface area (TPSA) is 158 Å². The maximum absolute atomic E-state index is 13.1. The Balaban J connectivity index is 0.000000504. The molecule has 0 aliphatic rings. The number of aldehydes is 1. The van der Waals surface area contributed by atoms with Crippen molar-refractivity contribution in [1.82, 2.24) is 0 Å². The molecule has 0 heterocycles. The van der Waals surface area contributed by atoms with Crippen molar-refractivity contribution in [3.8, 4) is 0 Å². The molecule has 0 aliphatic carbocycles. The Morgan fingerprint density at radius 3 is 1.84 bits per heavy atom.